The predicted molar refractivity (Wildman–Crippen MR) is 130 cm³/mol. The van der Waals surface area contributed by atoms with Gasteiger partial charge < -0.3 is 9.88 Å². The van der Waals surface area contributed by atoms with Gasteiger partial charge in [0.2, 0.25) is 5.91 Å². The van der Waals surface area contributed by atoms with Crippen molar-refractivity contribution in [2.45, 2.75) is 33.2 Å². The van der Waals surface area contributed by atoms with Gasteiger partial charge >= 0.3 is 0 Å². The van der Waals surface area contributed by atoms with Crippen LogP contribution in [0.4, 0.5) is 5.69 Å². The summed E-state index contributed by atoms with van der Waals surface area (Å²) in [5.74, 6) is -0.343. The van der Waals surface area contributed by atoms with Crippen LogP contribution in [0.3, 0.4) is 0 Å². The zero-order valence-electron chi connectivity index (χ0n) is 18.3. The molecule has 162 valence electrons. The van der Waals surface area contributed by atoms with Crippen LogP contribution in [0.2, 0.25) is 0 Å². The molecule has 0 bridgehead atoms. The Morgan fingerprint density at radius 3 is 2.44 bits per heavy atom. The average molecular weight is 427 g/mol. The van der Waals surface area contributed by atoms with Gasteiger partial charge in [-0.3, -0.25) is 9.59 Å². The Balaban J connectivity index is 1.46. The standard InChI is InChI=1S/C26H26N4O2/c1-3-7-25(31)28-20-13-11-19(12-14-20)26(32)29-27-17-18-10-15-24-22(16-18)21-8-5-6-9-23(21)30(24)4-2/h5-6,8-17H,3-4,7H2,1-2H3,(H,28,31)(H,29,32). The van der Waals surface area contributed by atoms with E-state index in [0.29, 0.717) is 17.7 Å². The number of hydrogen-bond donors (Lipinski definition) is 2. The lowest BCUT2D eigenvalue weighted by molar-refractivity contribution is -0.116. The molecule has 0 saturated carbocycles. The number of fused-ring (bicyclic) bond motifs is 3. The summed E-state index contributed by atoms with van der Waals surface area (Å²) >= 11 is 0. The Labute approximate surface area is 186 Å². The smallest absolute Gasteiger partial charge is 0.271 e. The summed E-state index contributed by atoms with van der Waals surface area (Å²) in [5, 5.41) is 9.30. The molecule has 2 N–H and O–H groups in total. The van der Waals surface area contributed by atoms with Crippen LogP contribution < -0.4 is 10.7 Å². The van der Waals surface area contributed by atoms with Crippen molar-refractivity contribution >= 4 is 45.5 Å². The number of benzene rings is 3. The van der Waals surface area contributed by atoms with Gasteiger partial charge in [0.05, 0.1) is 6.21 Å². The molecule has 4 rings (SSSR count). The first-order valence-electron chi connectivity index (χ1n) is 10.8. The molecular formula is C26H26N4O2. The Kier molecular flexibility index (Phi) is 6.31. The fourth-order valence-electron chi connectivity index (χ4n) is 3.88. The van der Waals surface area contributed by atoms with E-state index in [-0.39, 0.29) is 11.8 Å². The summed E-state index contributed by atoms with van der Waals surface area (Å²) in [6.45, 7) is 4.99. The maximum absolute atomic E-state index is 12.4. The molecule has 1 heterocycles. The number of nitrogens with zero attached hydrogens (tertiary/aromatic N) is 2. The molecule has 6 heteroatoms. The minimum absolute atomic E-state index is 0.0340. The number of para-hydroxylation sites is 1. The zero-order chi connectivity index (χ0) is 22.5. The summed E-state index contributed by atoms with van der Waals surface area (Å²) in [5.41, 5.74) is 7.01. The number of hydrogen-bond acceptors (Lipinski definition) is 3. The first kappa shape index (κ1) is 21.3. The maximum atomic E-state index is 12.4. The van der Waals surface area contributed by atoms with Crippen molar-refractivity contribution < 1.29 is 9.59 Å². The molecule has 0 saturated heterocycles. The summed E-state index contributed by atoms with van der Waals surface area (Å²) < 4.78 is 2.29. The molecule has 6 nitrogen and oxygen atoms in total. The number of aryl methyl sites for hydroxylation is 1. The molecule has 4 aromatic rings. The third-order valence-electron chi connectivity index (χ3n) is 5.40. The van der Waals surface area contributed by atoms with Crippen molar-refractivity contribution in [2.24, 2.45) is 5.10 Å². The van der Waals surface area contributed by atoms with E-state index in [1.165, 1.54) is 21.8 Å². The fraction of sp³-hybridized carbons (Fsp3) is 0.192. The number of carbonyl (C=O) groups is 2. The Morgan fingerprint density at radius 1 is 0.938 bits per heavy atom. The first-order chi connectivity index (χ1) is 15.6. The van der Waals surface area contributed by atoms with E-state index in [4.69, 9.17) is 0 Å². The van der Waals surface area contributed by atoms with Gasteiger partial charge in [-0.1, -0.05) is 31.2 Å². The van der Waals surface area contributed by atoms with Crippen LogP contribution in [0, 0.1) is 0 Å². The van der Waals surface area contributed by atoms with E-state index in [0.717, 1.165) is 18.5 Å². The minimum Gasteiger partial charge on any atom is -0.341 e. The molecule has 0 unspecified atom stereocenters. The molecule has 0 spiro atoms. The third-order valence-corrected chi connectivity index (χ3v) is 5.40. The van der Waals surface area contributed by atoms with Crippen molar-refractivity contribution in [2.75, 3.05) is 5.32 Å². The molecule has 2 amide bonds. The van der Waals surface area contributed by atoms with Gasteiger partial charge in [-0.25, -0.2) is 5.43 Å². The quantitative estimate of drug-likeness (QED) is 0.310. The van der Waals surface area contributed by atoms with Gasteiger partial charge in [-0.15, -0.1) is 0 Å². The highest BCUT2D eigenvalue weighted by Gasteiger charge is 2.09. The van der Waals surface area contributed by atoms with Gasteiger partial charge in [-0.2, -0.15) is 5.10 Å². The van der Waals surface area contributed by atoms with Crippen LogP contribution in [0.1, 0.15) is 42.6 Å². The monoisotopic (exact) mass is 426 g/mol. The second kappa shape index (κ2) is 9.47. The summed E-state index contributed by atoms with van der Waals surface area (Å²) in [6.07, 6.45) is 2.91. The maximum Gasteiger partial charge on any atom is 0.271 e. The highest BCUT2D eigenvalue weighted by atomic mass is 16.2. The van der Waals surface area contributed by atoms with Gasteiger partial charge in [-0.05, 0) is 61.4 Å². The number of amides is 2. The summed E-state index contributed by atoms with van der Waals surface area (Å²) in [4.78, 5) is 24.1. The number of carbonyl (C=O) groups excluding carboxylic acids is 2. The van der Waals surface area contributed by atoms with Crippen molar-refractivity contribution in [3.05, 3.63) is 77.9 Å². The molecule has 0 aliphatic rings. The lowest BCUT2D eigenvalue weighted by atomic mass is 10.1. The van der Waals surface area contributed by atoms with Crippen LogP contribution in [0.25, 0.3) is 21.8 Å². The second-order valence-corrected chi connectivity index (χ2v) is 7.61. The van der Waals surface area contributed by atoms with E-state index in [1.54, 1.807) is 30.5 Å². The zero-order valence-corrected chi connectivity index (χ0v) is 18.3. The van der Waals surface area contributed by atoms with Gasteiger partial charge in [0.15, 0.2) is 0 Å². The van der Waals surface area contributed by atoms with Gasteiger partial charge in [0, 0.05) is 46.0 Å². The van der Waals surface area contributed by atoms with Crippen LogP contribution in [-0.4, -0.2) is 22.6 Å². The number of anilines is 1. The number of rotatable bonds is 7. The molecule has 0 fully saturated rings. The van der Waals surface area contributed by atoms with E-state index >= 15 is 0 Å². The topological polar surface area (TPSA) is 75.5 Å². The fourth-order valence-corrected chi connectivity index (χ4v) is 3.88. The number of hydrazone groups is 1. The van der Waals surface area contributed by atoms with E-state index in [9.17, 15) is 9.59 Å². The van der Waals surface area contributed by atoms with Crippen LogP contribution in [-0.2, 0) is 11.3 Å². The SMILES string of the molecule is CCCC(=O)Nc1ccc(C(=O)NN=Cc2ccc3c(c2)c2ccccc2n3CC)cc1. The molecule has 1 aromatic heterocycles. The molecule has 0 atom stereocenters. The highest BCUT2D eigenvalue weighted by molar-refractivity contribution is 6.09. The van der Waals surface area contributed by atoms with Crippen LogP contribution >= 0.6 is 0 Å². The first-order valence-corrected chi connectivity index (χ1v) is 10.8. The van der Waals surface area contributed by atoms with Crippen LogP contribution in [0.5, 0.6) is 0 Å². The Morgan fingerprint density at radius 2 is 1.69 bits per heavy atom. The molecule has 3 aromatic carbocycles. The van der Waals surface area contributed by atoms with E-state index < -0.39 is 0 Å². The van der Waals surface area contributed by atoms with Crippen molar-refractivity contribution in [3.8, 4) is 0 Å². The van der Waals surface area contributed by atoms with Crippen molar-refractivity contribution in [1.29, 1.82) is 0 Å². The number of nitrogens with one attached hydrogen (secondary N) is 2. The average Bonchev–Trinajstić information content (AvgIpc) is 3.12. The van der Waals surface area contributed by atoms with Gasteiger partial charge in [0.1, 0.15) is 0 Å². The third kappa shape index (κ3) is 4.39. The number of aromatic nitrogens is 1. The Hall–Kier alpha value is -3.93. The lowest BCUT2D eigenvalue weighted by Crippen LogP contribution is -2.17. The molecule has 0 radical (unpaired) electrons. The molecule has 32 heavy (non-hydrogen) atoms. The lowest BCUT2D eigenvalue weighted by Gasteiger charge is -2.05. The largest absolute Gasteiger partial charge is 0.341 e. The molecule has 0 aliphatic carbocycles. The van der Waals surface area contributed by atoms with E-state index in [2.05, 4.69) is 57.7 Å². The van der Waals surface area contributed by atoms with E-state index in [1.807, 2.05) is 19.1 Å². The second-order valence-electron chi connectivity index (χ2n) is 7.61. The molecular weight excluding hydrogens is 400 g/mol. The summed E-state index contributed by atoms with van der Waals surface area (Å²) in [7, 11) is 0. The highest BCUT2D eigenvalue weighted by Crippen LogP contribution is 2.29. The normalized spacial score (nSPS) is 11.3. The summed E-state index contributed by atoms with van der Waals surface area (Å²) in [6, 6.07) is 21.3. The minimum atomic E-state index is -0.309. The van der Waals surface area contributed by atoms with Crippen LogP contribution in [0.15, 0.2) is 71.8 Å². The predicted octanol–water partition coefficient (Wildman–Crippen LogP) is 5.32. The van der Waals surface area contributed by atoms with Crippen molar-refractivity contribution in [1.82, 2.24) is 9.99 Å². The molecule has 0 aliphatic heterocycles. The Bertz CT molecular complexity index is 1300. The van der Waals surface area contributed by atoms with Gasteiger partial charge in [0.25, 0.3) is 5.91 Å². The van der Waals surface area contributed by atoms with Crippen molar-refractivity contribution in [3.63, 3.8) is 0 Å².